The summed E-state index contributed by atoms with van der Waals surface area (Å²) in [6.07, 6.45) is 1.59. The Bertz CT molecular complexity index is 229. The van der Waals surface area contributed by atoms with E-state index in [1.54, 1.807) is 0 Å². The predicted molar refractivity (Wildman–Crippen MR) is 81.5 cm³/mol. The Kier molecular flexibility index (Phi) is 7.65. The van der Waals surface area contributed by atoms with E-state index in [1.807, 2.05) is 21.6 Å². The van der Waals surface area contributed by atoms with Gasteiger partial charge in [0.15, 0.2) is 0 Å². The fraction of sp³-hybridized carbons (Fsp3) is 0.923. The molecule has 0 aliphatic rings. The molecule has 102 valence electrons. The molecule has 0 aromatic rings. The maximum absolute atomic E-state index is 11.5. The molecule has 1 amide bonds. The van der Waals surface area contributed by atoms with Crippen molar-refractivity contribution >= 4 is 27.5 Å². The molecule has 0 radical (unpaired) electrons. The van der Waals surface area contributed by atoms with Gasteiger partial charge in [-0.3, -0.25) is 4.79 Å². The first-order valence-corrected chi connectivity index (χ1v) is 8.49. The van der Waals surface area contributed by atoms with Crippen LogP contribution in [0.4, 0.5) is 0 Å². The van der Waals surface area contributed by atoms with Crippen LogP contribution in [0.5, 0.6) is 0 Å². The molecule has 0 atom stereocenters. The molecular formula is C13H27NOS2. The summed E-state index contributed by atoms with van der Waals surface area (Å²) < 4.78 is 0.293. The van der Waals surface area contributed by atoms with Crippen LogP contribution in [0, 0.1) is 5.41 Å². The molecule has 0 spiro atoms. The van der Waals surface area contributed by atoms with E-state index in [-0.39, 0.29) is 11.3 Å². The Hall–Kier alpha value is 0.170. The van der Waals surface area contributed by atoms with E-state index in [4.69, 9.17) is 0 Å². The van der Waals surface area contributed by atoms with Crippen molar-refractivity contribution < 1.29 is 4.79 Å². The van der Waals surface area contributed by atoms with Crippen LogP contribution in [-0.2, 0) is 4.79 Å². The van der Waals surface area contributed by atoms with Crippen LogP contribution in [0.15, 0.2) is 0 Å². The van der Waals surface area contributed by atoms with Gasteiger partial charge in [-0.15, -0.1) is 0 Å². The summed E-state index contributed by atoms with van der Waals surface area (Å²) in [6.45, 7) is 13.9. The minimum atomic E-state index is 0.182. The molecule has 0 fully saturated rings. The monoisotopic (exact) mass is 277 g/mol. The number of nitrogens with one attached hydrogen (secondary N) is 1. The molecule has 2 nitrogen and oxygen atoms in total. The lowest BCUT2D eigenvalue weighted by Crippen LogP contribution is -2.26. The highest BCUT2D eigenvalue weighted by molar-refractivity contribution is 8.77. The van der Waals surface area contributed by atoms with E-state index < -0.39 is 0 Å². The van der Waals surface area contributed by atoms with Gasteiger partial charge in [-0.2, -0.15) is 0 Å². The lowest BCUT2D eigenvalue weighted by molar-refractivity contribution is -0.121. The molecule has 0 aromatic heterocycles. The highest BCUT2D eigenvalue weighted by atomic mass is 33.1. The molecule has 4 heteroatoms. The molecule has 0 heterocycles. The number of amides is 1. The second-order valence-electron chi connectivity index (χ2n) is 6.43. The minimum absolute atomic E-state index is 0.182. The first-order valence-electron chi connectivity index (χ1n) is 6.17. The topological polar surface area (TPSA) is 29.1 Å². The second-order valence-corrected chi connectivity index (χ2v) is 9.67. The van der Waals surface area contributed by atoms with Crippen LogP contribution in [0.2, 0.25) is 0 Å². The van der Waals surface area contributed by atoms with Crippen molar-refractivity contribution in [2.45, 2.75) is 59.1 Å². The van der Waals surface area contributed by atoms with Gasteiger partial charge in [-0.05, 0) is 11.8 Å². The van der Waals surface area contributed by atoms with Crippen LogP contribution in [0.1, 0.15) is 54.4 Å². The summed E-state index contributed by atoms with van der Waals surface area (Å²) in [4.78, 5) is 11.5. The zero-order valence-corrected chi connectivity index (χ0v) is 13.7. The molecule has 0 bridgehead atoms. The fourth-order valence-electron chi connectivity index (χ4n) is 1.03. The summed E-state index contributed by atoms with van der Waals surface area (Å²) in [7, 11) is 3.70. The van der Waals surface area contributed by atoms with Crippen LogP contribution in [0.25, 0.3) is 0 Å². The third kappa shape index (κ3) is 14.1. The van der Waals surface area contributed by atoms with Crippen molar-refractivity contribution in [2.24, 2.45) is 5.41 Å². The molecule has 0 saturated carbocycles. The molecule has 0 aliphatic carbocycles. The van der Waals surface area contributed by atoms with Crippen molar-refractivity contribution in [3.8, 4) is 0 Å². The number of hydrogen-bond acceptors (Lipinski definition) is 3. The average molecular weight is 277 g/mol. The lowest BCUT2D eigenvalue weighted by Gasteiger charge is -2.18. The average Bonchev–Trinajstić information content (AvgIpc) is 2.11. The second kappa shape index (κ2) is 7.57. The molecular weight excluding hydrogens is 250 g/mol. The van der Waals surface area contributed by atoms with Gasteiger partial charge in [-0.1, -0.05) is 63.1 Å². The van der Waals surface area contributed by atoms with Crippen LogP contribution in [0.3, 0.4) is 0 Å². The Labute approximate surface area is 114 Å². The van der Waals surface area contributed by atoms with Crippen LogP contribution < -0.4 is 5.32 Å². The summed E-state index contributed by atoms with van der Waals surface area (Å²) in [5, 5.41) is 2.97. The molecule has 1 N–H and O–H groups in total. The Morgan fingerprint density at radius 3 is 2.18 bits per heavy atom. The predicted octanol–water partition coefficient (Wildman–Crippen LogP) is 4.11. The first kappa shape index (κ1) is 17.2. The molecule has 0 saturated heterocycles. The van der Waals surface area contributed by atoms with Gasteiger partial charge in [0.2, 0.25) is 5.91 Å². The van der Waals surface area contributed by atoms with E-state index in [1.165, 1.54) is 0 Å². The highest BCUT2D eigenvalue weighted by Gasteiger charge is 2.13. The summed E-state index contributed by atoms with van der Waals surface area (Å²) in [5.74, 6) is 1.16. The summed E-state index contributed by atoms with van der Waals surface area (Å²) in [6, 6.07) is 0. The highest BCUT2D eigenvalue weighted by Crippen LogP contribution is 2.34. The van der Waals surface area contributed by atoms with E-state index in [0.29, 0.717) is 11.2 Å². The van der Waals surface area contributed by atoms with Crippen molar-refractivity contribution in [2.75, 3.05) is 12.3 Å². The van der Waals surface area contributed by atoms with Gasteiger partial charge in [-0.25, -0.2) is 0 Å². The van der Waals surface area contributed by atoms with Crippen molar-refractivity contribution in [3.63, 3.8) is 0 Å². The number of carbonyl (C=O) groups is 1. The Morgan fingerprint density at radius 1 is 1.12 bits per heavy atom. The maximum Gasteiger partial charge on any atom is 0.220 e. The van der Waals surface area contributed by atoms with Gasteiger partial charge in [0.1, 0.15) is 0 Å². The van der Waals surface area contributed by atoms with Crippen LogP contribution >= 0.6 is 21.6 Å². The normalized spacial score (nSPS) is 12.6. The molecule has 0 aromatic carbocycles. The van der Waals surface area contributed by atoms with E-state index in [2.05, 4.69) is 46.9 Å². The van der Waals surface area contributed by atoms with Crippen molar-refractivity contribution in [1.82, 2.24) is 5.32 Å². The molecule has 0 aliphatic heterocycles. The van der Waals surface area contributed by atoms with Gasteiger partial charge in [0.25, 0.3) is 0 Å². The smallest absolute Gasteiger partial charge is 0.220 e. The molecule has 17 heavy (non-hydrogen) atoms. The largest absolute Gasteiger partial charge is 0.355 e. The number of carbonyl (C=O) groups excluding carboxylic acids is 1. The lowest BCUT2D eigenvalue weighted by atomic mass is 9.90. The van der Waals surface area contributed by atoms with Crippen molar-refractivity contribution in [1.29, 1.82) is 0 Å². The van der Waals surface area contributed by atoms with Gasteiger partial charge in [0, 0.05) is 23.5 Å². The van der Waals surface area contributed by atoms with Crippen molar-refractivity contribution in [3.05, 3.63) is 0 Å². The van der Waals surface area contributed by atoms with Gasteiger partial charge in [0.05, 0.1) is 0 Å². The third-order valence-corrected chi connectivity index (χ3v) is 5.26. The first-order chi connectivity index (χ1) is 7.60. The maximum atomic E-state index is 11.5. The van der Waals surface area contributed by atoms with Gasteiger partial charge < -0.3 is 5.32 Å². The summed E-state index contributed by atoms with van der Waals surface area (Å²) >= 11 is 0. The number of rotatable bonds is 6. The zero-order valence-electron chi connectivity index (χ0n) is 12.1. The Balaban J connectivity index is 3.47. The minimum Gasteiger partial charge on any atom is -0.355 e. The van der Waals surface area contributed by atoms with Crippen LogP contribution in [-0.4, -0.2) is 23.0 Å². The van der Waals surface area contributed by atoms with E-state index in [9.17, 15) is 4.79 Å². The zero-order chi connectivity index (χ0) is 13.5. The standard InChI is InChI=1S/C13H27NOS2/c1-12(2,3)8-7-11(15)14-9-10-16-17-13(4,5)6/h7-10H2,1-6H3,(H,14,15). The SMILES string of the molecule is CC(C)(C)CCC(=O)NCCSSC(C)(C)C. The Morgan fingerprint density at radius 2 is 1.71 bits per heavy atom. The van der Waals surface area contributed by atoms with E-state index >= 15 is 0 Å². The quantitative estimate of drug-likeness (QED) is 0.585. The fourth-order valence-corrected chi connectivity index (χ4v) is 3.21. The van der Waals surface area contributed by atoms with Gasteiger partial charge >= 0.3 is 0 Å². The third-order valence-electron chi connectivity index (χ3n) is 1.92. The molecule has 0 rings (SSSR count). The summed E-state index contributed by atoms with van der Waals surface area (Å²) in [5.41, 5.74) is 0.244. The van der Waals surface area contributed by atoms with E-state index in [0.717, 1.165) is 18.7 Å². The molecule has 0 unspecified atom stereocenters. The number of hydrogen-bond donors (Lipinski definition) is 1.